The number of hydrogen-bond acceptors (Lipinski definition) is 7. The smallest absolute Gasteiger partial charge is 0.324 e. The number of benzene rings is 1. The molecule has 33 heavy (non-hydrogen) atoms. The van der Waals surface area contributed by atoms with Crippen LogP contribution in [0.1, 0.15) is 36.0 Å². The van der Waals surface area contributed by atoms with Gasteiger partial charge in [0, 0.05) is 24.0 Å². The zero-order valence-electron chi connectivity index (χ0n) is 17.2. The number of carbonyl (C=O) groups excluding carboxylic acids is 2. The Bertz CT molecular complexity index is 1240. The van der Waals surface area contributed by atoms with Crippen LogP contribution >= 0.6 is 34.9 Å². The lowest BCUT2D eigenvalue weighted by Crippen LogP contribution is -2.42. The first kappa shape index (κ1) is 22.8. The van der Waals surface area contributed by atoms with Crippen LogP contribution < -0.4 is 16.4 Å². The van der Waals surface area contributed by atoms with Gasteiger partial charge in [-0.3, -0.25) is 19.7 Å². The molecule has 0 saturated heterocycles. The largest absolute Gasteiger partial charge is 0.365 e. The van der Waals surface area contributed by atoms with Crippen molar-refractivity contribution < 1.29 is 14.5 Å². The molecule has 4 rings (SSSR count). The monoisotopic (exact) mass is 501 g/mol. The molecule has 1 aliphatic rings. The van der Waals surface area contributed by atoms with E-state index in [1.807, 2.05) is 35.2 Å². The zero-order chi connectivity index (χ0) is 23.5. The molecule has 2 aromatic heterocycles. The van der Waals surface area contributed by atoms with Gasteiger partial charge in [0.25, 0.3) is 11.8 Å². The minimum atomic E-state index is -0.627. The molecule has 1 aliphatic heterocycles. The summed E-state index contributed by atoms with van der Waals surface area (Å²) in [4.78, 5) is 38.2. The van der Waals surface area contributed by atoms with Crippen LogP contribution in [0.2, 0.25) is 0 Å². The van der Waals surface area contributed by atoms with Gasteiger partial charge >= 0.3 is 5.00 Å². The predicted molar refractivity (Wildman–Crippen MR) is 132 cm³/mol. The molecule has 12 heteroatoms. The highest BCUT2D eigenvalue weighted by Gasteiger charge is 2.29. The Hall–Kier alpha value is -3.35. The van der Waals surface area contributed by atoms with E-state index in [1.165, 1.54) is 23.5 Å². The third-order valence-electron chi connectivity index (χ3n) is 5.10. The van der Waals surface area contributed by atoms with Crippen LogP contribution in [0.5, 0.6) is 0 Å². The first-order valence-corrected chi connectivity index (χ1v) is 11.9. The summed E-state index contributed by atoms with van der Waals surface area (Å²) in [7, 11) is 0. The van der Waals surface area contributed by atoms with Crippen LogP contribution in [0.15, 0.2) is 42.5 Å². The average molecular weight is 502 g/mol. The van der Waals surface area contributed by atoms with E-state index in [0.717, 1.165) is 27.3 Å². The Morgan fingerprint density at radius 3 is 2.61 bits per heavy atom. The lowest BCUT2D eigenvalue weighted by atomic mass is 10.0. The number of nitro groups is 1. The van der Waals surface area contributed by atoms with Crippen molar-refractivity contribution in [3.05, 3.63) is 79.0 Å². The van der Waals surface area contributed by atoms with Crippen LogP contribution in [0.4, 0.5) is 10.0 Å². The van der Waals surface area contributed by atoms with Crippen molar-refractivity contribution in [1.82, 2.24) is 10.2 Å². The van der Waals surface area contributed by atoms with Gasteiger partial charge in [0.1, 0.15) is 5.00 Å². The number of hydrogen-bond donors (Lipinski definition) is 3. The molecule has 0 saturated carbocycles. The topological polar surface area (TPSA) is 131 Å². The Morgan fingerprint density at radius 2 is 1.94 bits per heavy atom. The van der Waals surface area contributed by atoms with Gasteiger partial charge in [-0.05, 0) is 35.8 Å². The maximum Gasteiger partial charge on any atom is 0.324 e. The SMILES string of the molecule is NC(=O)c1c(NC(=O)c2ccc([N+](=O)[O-])s2)sc2c1CCN(C(=S)NCc1ccccc1)C2. The van der Waals surface area contributed by atoms with Crippen molar-refractivity contribution in [3.63, 3.8) is 0 Å². The van der Waals surface area contributed by atoms with E-state index in [9.17, 15) is 19.7 Å². The average Bonchev–Trinajstić information content (AvgIpc) is 3.42. The van der Waals surface area contributed by atoms with Crippen LogP contribution in [0.25, 0.3) is 0 Å². The maximum absolute atomic E-state index is 12.6. The molecule has 0 aliphatic carbocycles. The standard InChI is InChI=1S/C21H19N5O4S3/c22-18(27)17-13-8-9-25(21(31)23-10-12-4-2-1-3-5-12)11-15(13)33-20(17)24-19(28)14-6-7-16(32-14)26(29)30/h1-7H,8-11H2,(H2,22,27)(H,23,31)(H,24,28). The minimum absolute atomic E-state index is 0.132. The normalized spacial score (nSPS) is 12.7. The predicted octanol–water partition coefficient (Wildman–Crippen LogP) is 3.50. The van der Waals surface area contributed by atoms with Crippen molar-refractivity contribution in [3.8, 4) is 0 Å². The van der Waals surface area contributed by atoms with E-state index >= 15 is 0 Å². The molecular formula is C21H19N5O4S3. The fourth-order valence-electron chi connectivity index (χ4n) is 3.52. The summed E-state index contributed by atoms with van der Waals surface area (Å²) in [5.41, 5.74) is 7.84. The van der Waals surface area contributed by atoms with E-state index in [4.69, 9.17) is 18.0 Å². The molecule has 3 aromatic rings. The number of nitrogens with zero attached hydrogens (tertiary/aromatic N) is 2. The Morgan fingerprint density at radius 1 is 1.18 bits per heavy atom. The van der Waals surface area contributed by atoms with Crippen molar-refractivity contribution >= 4 is 61.8 Å². The Kier molecular flexibility index (Phi) is 6.67. The van der Waals surface area contributed by atoms with Gasteiger partial charge in [0.15, 0.2) is 5.11 Å². The summed E-state index contributed by atoms with van der Waals surface area (Å²) in [5, 5.41) is 17.7. The van der Waals surface area contributed by atoms with Gasteiger partial charge in [-0.15, -0.1) is 11.3 Å². The van der Waals surface area contributed by atoms with Gasteiger partial charge in [0.05, 0.1) is 21.9 Å². The number of rotatable bonds is 6. The molecule has 1 aromatic carbocycles. The molecule has 0 radical (unpaired) electrons. The third kappa shape index (κ3) is 5.02. The number of primary amides is 1. The number of nitrogens with two attached hydrogens (primary N) is 1. The molecular weight excluding hydrogens is 482 g/mol. The van der Waals surface area contributed by atoms with E-state index in [1.54, 1.807) is 0 Å². The molecule has 0 fully saturated rings. The van der Waals surface area contributed by atoms with E-state index < -0.39 is 16.7 Å². The van der Waals surface area contributed by atoms with Gasteiger partial charge in [-0.1, -0.05) is 41.7 Å². The second-order valence-corrected chi connectivity index (χ2v) is 9.79. The zero-order valence-corrected chi connectivity index (χ0v) is 19.6. The van der Waals surface area contributed by atoms with Crippen molar-refractivity contribution in [2.45, 2.75) is 19.5 Å². The number of thiocarbonyl (C=S) groups is 1. The Balaban J connectivity index is 1.48. The fraction of sp³-hybridized carbons (Fsp3) is 0.190. The second-order valence-electron chi connectivity index (χ2n) is 7.24. The Labute approximate surface area is 202 Å². The summed E-state index contributed by atoms with van der Waals surface area (Å²) in [5.74, 6) is -1.15. The second kappa shape index (κ2) is 9.65. The molecule has 170 valence electrons. The lowest BCUT2D eigenvalue weighted by molar-refractivity contribution is -0.380. The van der Waals surface area contributed by atoms with Crippen molar-refractivity contribution in [2.75, 3.05) is 11.9 Å². The van der Waals surface area contributed by atoms with E-state index in [2.05, 4.69) is 10.6 Å². The molecule has 4 N–H and O–H groups in total. The number of anilines is 1. The fourth-order valence-corrected chi connectivity index (χ4v) is 5.73. The van der Waals surface area contributed by atoms with Crippen LogP contribution in [-0.4, -0.2) is 33.3 Å². The summed E-state index contributed by atoms with van der Waals surface area (Å²) in [6.45, 7) is 1.70. The van der Waals surface area contributed by atoms with Crippen molar-refractivity contribution in [2.24, 2.45) is 5.73 Å². The summed E-state index contributed by atoms with van der Waals surface area (Å²) in [6.07, 6.45) is 0.553. The quantitative estimate of drug-likeness (QED) is 0.268. The summed E-state index contributed by atoms with van der Waals surface area (Å²) >= 11 is 7.59. The minimum Gasteiger partial charge on any atom is -0.365 e. The molecule has 0 spiro atoms. The number of nitrogens with one attached hydrogen (secondary N) is 2. The third-order valence-corrected chi connectivity index (χ3v) is 7.67. The number of amides is 2. The van der Waals surface area contributed by atoms with Gasteiger partial charge in [-0.25, -0.2) is 0 Å². The van der Waals surface area contributed by atoms with Crippen LogP contribution in [0.3, 0.4) is 0 Å². The highest BCUT2D eigenvalue weighted by Crippen LogP contribution is 2.37. The van der Waals surface area contributed by atoms with Crippen molar-refractivity contribution in [1.29, 1.82) is 0 Å². The summed E-state index contributed by atoms with van der Waals surface area (Å²) < 4.78 is 0. The first-order chi connectivity index (χ1) is 15.8. The molecule has 0 unspecified atom stereocenters. The number of carbonyl (C=O) groups is 2. The van der Waals surface area contributed by atoms with E-state index in [-0.39, 0.29) is 15.4 Å². The molecule has 2 amide bonds. The lowest BCUT2D eigenvalue weighted by Gasteiger charge is -2.29. The molecule has 3 heterocycles. The van der Waals surface area contributed by atoms with Crippen LogP contribution in [-0.2, 0) is 19.5 Å². The highest BCUT2D eigenvalue weighted by atomic mass is 32.1. The molecule has 9 nitrogen and oxygen atoms in total. The van der Waals surface area contributed by atoms with Crippen LogP contribution in [0, 0.1) is 10.1 Å². The highest BCUT2D eigenvalue weighted by molar-refractivity contribution is 7.80. The van der Waals surface area contributed by atoms with E-state index in [0.29, 0.717) is 36.2 Å². The first-order valence-electron chi connectivity index (χ1n) is 9.90. The van der Waals surface area contributed by atoms with Gasteiger partial charge in [0.2, 0.25) is 0 Å². The molecule has 0 atom stereocenters. The summed E-state index contributed by atoms with van der Waals surface area (Å²) in [6, 6.07) is 12.6. The molecule has 0 bridgehead atoms. The number of thiophene rings is 2. The maximum atomic E-state index is 12.6. The van der Waals surface area contributed by atoms with Gasteiger partial charge < -0.3 is 21.3 Å². The van der Waals surface area contributed by atoms with Gasteiger partial charge in [-0.2, -0.15) is 0 Å². The number of fused-ring (bicyclic) bond motifs is 1.